The lowest BCUT2D eigenvalue weighted by Crippen LogP contribution is -2.69. The number of rotatable bonds is 11. The van der Waals surface area contributed by atoms with Gasteiger partial charge >= 0.3 is 0 Å². The van der Waals surface area contributed by atoms with Gasteiger partial charge in [-0.3, -0.25) is 9.59 Å². The average molecular weight is 852 g/mol. The Morgan fingerprint density at radius 2 is 1.02 bits per heavy atom. The highest BCUT2D eigenvalue weighted by Gasteiger charge is 2.71. The molecule has 2 amide bonds. The minimum atomic E-state index is -0.413. The van der Waals surface area contributed by atoms with E-state index in [1.54, 1.807) is 0 Å². The molecule has 6 nitrogen and oxygen atoms in total. The Labute approximate surface area is 369 Å². The molecule has 60 heavy (non-hydrogen) atoms. The van der Waals surface area contributed by atoms with E-state index in [0.717, 1.165) is 90.1 Å². The molecule has 0 radical (unpaired) electrons. The summed E-state index contributed by atoms with van der Waals surface area (Å²) >= 11 is 13.5. The first-order valence-corrected chi connectivity index (χ1v) is 25.4. The van der Waals surface area contributed by atoms with Crippen LogP contribution in [0.5, 0.6) is 0 Å². The molecule has 6 heterocycles. The Kier molecular flexibility index (Phi) is 9.17. The number of carbonyl (C=O) groups is 2. The van der Waals surface area contributed by atoms with Crippen molar-refractivity contribution in [2.75, 3.05) is 51.0 Å². The van der Waals surface area contributed by atoms with Gasteiger partial charge in [0.2, 0.25) is 11.8 Å². The van der Waals surface area contributed by atoms with Crippen molar-refractivity contribution in [1.82, 2.24) is 20.4 Å². The Bertz CT molecular complexity index is 2020. The molecule has 8 saturated carbocycles. The maximum Gasteiger partial charge on any atom is 0.226 e. The zero-order valence-corrected chi connectivity index (χ0v) is 37.4. The molecule has 0 spiro atoms. The molecule has 2 aromatic carbocycles. The fraction of sp³-hybridized carbons (Fsp3) is 0.731. The van der Waals surface area contributed by atoms with E-state index in [2.05, 4.69) is 75.0 Å². The number of alkyl halides is 2. The van der Waals surface area contributed by atoms with Crippen LogP contribution in [0.15, 0.2) is 54.6 Å². The SMILES string of the molecule is O=C(N[C@@H]1CN2CCC1CC2)C12CC3C[C@@](CCCl)(C1)C[C@](c1ccc(C45CC6(C(=O)N[C@@H]7CN8CCC7CC8)C[C@@](CCCl)(C4)C[C@](c4ccccc4)(C6)C5)cc1)(C3)C2. The topological polar surface area (TPSA) is 64.7 Å². The van der Waals surface area contributed by atoms with Crippen molar-refractivity contribution in [2.24, 2.45) is 39.4 Å². The zero-order valence-electron chi connectivity index (χ0n) is 35.9. The number of nitrogens with zero attached hydrogens (tertiary/aromatic N) is 2. The number of hydrogen-bond acceptors (Lipinski definition) is 4. The van der Waals surface area contributed by atoms with E-state index in [4.69, 9.17) is 23.2 Å². The molecule has 6 aliphatic heterocycles. The van der Waals surface area contributed by atoms with E-state index in [-0.39, 0.29) is 38.5 Å². The number of hydrogen-bond donors (Lipinski definition) is 2. The molecule has 2 N–H and O–H groups in total. The predicted molar refractivity (Wildman–Crippen MR) is 239 cm³/mol. The summed E-state index contributed by atoms with van der Waals surface area (Å²) in [6.45, 7) is 6.78. The predicted octanol–water partition coefficient (Wildman–Crippen LogP) is 9.10. The molecular weight excluding hydrogens is 784 g/mol. The van der Waals surface area contributed by atoms with Crippen LogP contribution in [0.2, 0.25) is 0 Å². The van der Waals surface area contributed by atoms with Gasteiger partial charge < -0.3 is 20.4 Å². The molecule has 2 aromatic rings. The summed E-state index contributed by atoms with van der Waals surface area (Å²) in [5.41, 5.74) is 3.58. The summed E-state index contributed by atoms with van der Waals surface area (Å²) in [4.78, 5) is 35.3. The van der Waals surface area contributed by atoms with Gasteiger partial charge in [-0.1, -0.05) is 54.6 Å². The van der Waals surface area contributed by atoms with Crippen molar-refractivity contribution in [3.63, 3.8) is 0 Å². The number of fused-ring (bicyclic) bond motifs is 6. The molecule has 0 aromatic heterocycles. The number of benzene rings is 2. The largest absolute Gasteiger partial charge is 0.351 e. The van der Waals surface area contributed by atoms with Crippen LogP contribution in [0.25, 0.3) is 0 Å². The van der Waals surface area contributed by atoms with E-state index in [0.29, 0.717) is 47.4 Å². The quantitative estimate of drug-likeness (QED) is 0.222. The van der Waals surface area contributed by atoms with Gasteiger partial charge in [0.15, 0.2) is 0 Å². The molecule has 8 aliphatic carbocycles. The highest BCUT2D eigenvalue weighted by atomic mass is 35.5. The summed E-state index contributed by atoms with van der Waals surface area (Å²) < 4.78 is 0. The van der Waals surface area contributed by atoms with E-state index in [1.165, 1.54) is 81.4 Å². The summed E-state index contributed by atoms with van der Waals surface area (Å²) in [7, 11) is 0. The number of halogens is 2. The second-order valence-electron chi connectivity index (χ2n) is 23.7. The summed E-state index contributed by atoms with van der Waals surface area (Å²) in [6, 6.07) is 21.9. The van der Waals surface area contributed by atoms with Crippen molar-refractivity contribution in [3.8, 4) is 0 Å². The fourth-order valence-electron chi connectivity index (χ4n) is 18.7. The van der Waals surface area contributed by atoms with Gasteiger partial charge in [0.25, 0.3) is 0 Å². The van der Waals surface area contributed by atoms with Gasteiger partial charge in [0.05, 0.1) is 10.8 Å². The first-order valence-electron chi connectivity index (χ1n) is 24.4. The Morgan fingerprint density at radius 3 is 1.57 bits per heavy atom. The van der Waals surface area contributed by atoms with Crippen LogP contribution in [0.3, 0.4) is 0 Å². The lowest BCUT2D eigenvalue weighted by molar-refractivity contribution is -0.171. The first-order chi connectivity index (χ1) is 29.0. The second-order valence-corrected chi connectivity index (χ2v) is 24.5. The molecule has 14 aliphatic rings. The highest BCUT2D eigenvalue weighted by molar-refractivity contribution is 6.18. The van der Waals surface area contributed by atoms with Crippen LogP contribution < -0.4 is 10.6 Å². The van der Waals surface area contributed by atoms with Crippen LogP contribution in [0.1, 0.15) is 132 Å². The molecule has 16 rings (SSSR count). The van der Waals surface area contributed by atoms with Crippen molar-refractivity contribution in [3.05, 3.63) is 71.3 Å². The Morgan fingerprint density at radius 1 is 0.533 bits per heavy atom. The lowest BCUT2D eigenvalue weighted by Gasteiger charge is -2.71. The first kappa shape index (κ1) is 39.5. The maximum atomic E-state index is 15.3. The molecule has 8 heteroatoms. The number of piperidine rings is 6. The summed E-state index contributed by atoms with van der Waals surface area (Å²) in [5, 5.41) is 7.53. The monoisotopic (exact) mass is 850 g/mol. The van der Waals surface area contributed by atoms with E-state index < -0.39 is 5.41 Å². The number of carbonyl (C=O) groups excluding carboxylic acids is 2. The van der Waals surface area contributed by atoms with Crippen molar-refractivity contribution >= 4 is 35.0 Å². The highest BCUT2D eigenvalue weighted by Crippen LogP contribution is 2.76. The van der Waals surface area contributed by atoms with Gasteiger partial charge in [0, 0.05) is 36.9 Å². The van der Waals surface area contributed by atoms with Gasteiger partial charge in [-0.2, -0.15) is 0 Å². The summed E-state index contributed by atoms with van der Waals surface area (Å²) in [6.07, 6.45) is 19.6. The lowest BCUT2D eigenvalue weighted by atomic mass is 9.33. The fourth-order valence-corrected chi connectivity index (χ4v) is 19.5. The molecule has 10 atom stereocenters. The average Bonchev–Trinajstić information content (AvgIpc) is 3.24. The third-order valence-electron chi connectivity index (χ3n) is 20.0. The normalized spacial score (nSPS) is 47.7. The molecule has 14 fully saturated rings. The zero-order chi connectivity index (χ0) is 40.6. The molecule has 6 saturated heterocycles. The third kappa shape index (κ3) is 6.04. The minimum absolute atomic E-state index is 0.000489. The van der Waals surface area contributed by atoms with Crippen LogP contribution in [0, 0.1) is 39.4 Å². The molecular formula is C52H68Cl2N4O2. The van der Waals surface area contributed by atoms with Gasteiger partial charge in [-0.15, -0.1) is 23.2 Å². The third-order valence-corrected chi connectivity index (χ3v) is 20.4. The number of nitrogens with one attached hydrogen (secondary N) is 2. The number of amides is 2. The van der Waals surface area contributed by atoms with Gasteiger partial charge in [-0.25, -0.2) is 0 Å². The minimum Gasteiger partial charge on any atom is -0.351 e. The van der Waals surface area contributed by atoms with E-state index in [9.17, 15) is 4.79 Å². The van der Waals surface area contributed by atoms with Crippen LogP contribution in [0.4, 0.5) is 0 Å². The Hall–Kier alpha value is -2.12. The standard InChI is InChI=1S/C52H68Cl2N4O2/c53-16-14-46-22-36-23-48(27-46,32-49(24-36,28-46)44(59)55-42-25-57-18-10-37(42)11-19-57)40-6-8-41(9-7-40)51-30-47(15-17-54)29-50(33-51,39-4-2-1-3-5-39)34-52(31-47,35-51)45(60)56-43-26-58-20-12-38(43)13-21-58/h1-9,36-38,42-43H,10-35H2,(H,55,59)(H,56,60)/t36?,42-,43-,46-,47-,48-,49?,50-,51?,52?/m1/s1. The smallest absolute Gasteiger partial charge is 0.226 e. The summed E-state index contributed by atoms with van der Waals surface area (Å²) in [5.74, 6) is 3.81. The van der Waals surface area contributed by atoms with Crippen LogP contribution in [-0.2, 0) is 25.8 Å². The Balaban J connectivity index is 0.897. The van der Waals surface area contributed by atoms with Gasteiger partial charge in [-0.05, 0) is 203 Å². The molecule has 12 bridgehead atoms. The van der Waals surface area contributed by atoms with Gasteiger partial charge in [0.1, 0.15) is 0 Å². The molecule has 322 valence electrons. The second kappa shape index (κ2) is 13.9. The van der Waals surface area contributed by atoms with E-state index in [1.807, 2.05) is 0 Å². The van der Waals surface area contributed by atoms with Crippen molar-refractivity contribution in [2.45, 2.75) is 144 Å². The van der Waals surface area contributed by atoms with Crippen molar-refractivity contribution < 1.29 is 9.59 Å². The van der Waals surface area contributed by atoms with Crippen LogP contribution in [-0.4, -0.2) is 84.7 Å². The van der Waals surface area contributed by atoms with Crippen LogP contribution >= 0.6 is 23.2 Å². The van der Waals surface area contributed by atoms with E-state index >= 15 is 4.79 Å². The molecule has 4 unspecified atom stereocenters. The van der Waals surface area contributed by atoms with Crippen molar-refractivity contribution in [1.29, 1.82) is 0 Å². The maximum absolute atomic E-state index is 15.3.